The van der Waals surface area contributed by atoms with Crippen molar-refractivity contribution in [1.29, 1.82) is 0 Å². The minimum atomic E-state index is -4.37. The summed E-state index contributed by atoms with van der Waals surface area (Å²) in [6.07, 6.45) is 6.50. The van der Waals surface area contributed by atoms with E-state index in [0.29, 0.717) is 18.1 Å². The van der Waals surface area contributed by atoms with Crippen molar-refractivity contribution in [3.8, 4) is 0 Å². The van der Waals surface area contributed by atoms with Gasteiger partial charge in [-0.2, -0.15) is 13.2 Å². The zero-order valence-electron chi connectivity index (χ0n) is 18.1. The number of nitrogens with one attached hydrogen (secondary N) is 1. The zero-order chi connectivity index (χ0) is 22.0. The first-order valence-electron chi connectivity index (χ1n) is 11.0. The van der Waals surface area contributed by atoms with E-state index in [1.54, 1.807) is 13.2 Å². The van der Waals surface area contributed by atoms with Gasteiger partial charge in [0.15, 0.2) is 0 Å². The molecule has 2 aliphatic heterocycles. The topological polar surface area (TPSA) is 33.7 Å². The molecule has 0 amide bonds. The maximum absolute atomic E-state index is 13.4. The lowest BCUT2D eigenvalue weighted by Gasteiger charge is -2.48. The number of halogens is 3. The highest BCUT2D eigenvalue weighted by atomic mass is 19.4. The molecule has 1 aliphatic carbocycles. The highest BCUT2D eigenvalue weighted by molar-refractivity contribution is 5.58. The standard InChI is InChI=1S/C24H31F3N2O2/c1-29(12-13-30-2)15-18-9-10-19-22(16-6-4-3-5-7-16)28-21-11-8-17(24(25,26)27)14-20(21)23(19)31-18/h3-6,8,11,14,16,18-19,22-23,28H,7,9-10,12-13,15H2,1-2H3/t16?,18-,19+,22+,23+/m1/s1. The Morgan fingerprint density at radius 2 is 2.06 bits per heavy atom. The van der Waals surface area contributed by atoms with E-state index in [0.717, 1.165) is 38.0 Å². The molecular weight excluding hydrogens is 405 g/mol. The van der Waals surface area contributed by atoms with E-state index in [1.165, 1.54) is 12.1 Å². The van der Waals surface area contributed by atoms with Crippen molar-refractivity contribution in [1.82, 2.24) is 4.90 Å². The smallest absolute Gasteiger partial charge is 0.383 e. The minimum Gasteiger partial charge on any atom is -0.383 e. The molecule has 0 saturated carbocycles. The molecule has 1 aromatic carbocycles. The zero-order valence-corrected chi connectivity index (χ0v) is 18.1. The maximum Gasteiger partial charge on any atom is 0.416 e. The summed E-state index contributed by atoms with van der Waals surface area (Å²) in [5.41, 5.74) is 0.778. The van der Waals surface area contributed by atoms with Crippen molar-refractivity contribution in [2.24, 2.45) is 11.8 Å². The van der Waals surface area contributed by atoms with Crippen molar-refractivity contribution < 1.29 is 22.6 Å². The predicted molar refractivity (Wildman–Crippen MR) is 115 cm³/mol. The van der Waals surface area contributed by atoms with Crippen LogP contribution in [0, 0.1) is 11.8 Å². The van der Waals surface area contributed by atoms with Crippen LogP contribution in [-0.4, -0.2) is 50.9 Å². The summed E-state index contributed by atoms with van der Waals surface area (Å²) in [4.78, 5) is 2.16. The van der Waals surface area contributed by atoms with Crippen LogP contribution in [0.5, 0.6) is 0 Å². The SMILES string of the molecule is COCCN(C)C[C@H]1CC[C@@H]2[C@H](O1)c1cc(C(F)(F)F)ccc1N[C@H]2C1C=CC=CC1. The van der Waals surface area contributed by atoms with Gasteiger partial charge < -0.3 is 19.7 Å². The number of ether oxygens (including phenoxy) is 2. The first-order chi connectivity index (χ1) is 14.9. The van der Waals surface area contributed by atoms with Crippen LogP contribution in [0.3, 0.4) is 0 Å². The number of rotatable bonds is 6. The van der Waals surface area contributed by atoms with Gasteiger partial charge in [-0.05, 0) is 44.5 Å². The second-order valence-electron chi connectivity index (χ2n) is 8.86. The molecule has 4 rings (SSSR count). The summed E-state index contributed by atoms with van der Waals surface area (Å²) in [5.74, 6) is 0.440. The Kier molecular flexibility index (Phi) is 6.74. The van der Waals surface area contributed by atoms with E-state index in [-0.39, 0.29) is 24.2 Å². The van der Waals surface area contributed by atoms with Crippen molar-refractivity contribution in [3.63, 3.8) is 0 Å². The molecule has 0 aromatic heterocycles. The number of hydrogen-bond donors (Lipinski definition) is 1. The second-order valence-corrected chi connectivity index (χ2v) is 8.86. The summed E-state index contributed by atoms with van der Waals surface area (Å²) in [6, 6.07) is 4.16. The number of nitrogens with zero attached hydrogens (tertiary/aromatic N) is 1. The number of allylic oxidation sites excluding steroid dienone is 3. The van der Waals surface area contributed by atoms with Gasteiger partial charge in [-0.25, -0.2) is 0 Å². The summed E-state index contributed by atoms with van der Waals surface area (Å²) < 4.78 is 51.9. The number of hydrogen-bond acceptors (Lipinski definition) is 4. The van der Waals surface area contributed by atoms with Gasteiger partial charge in [0.1, 0.15) is 0 Å². The van der Waals surface area contributed by atoms with Crippen molar-refractivity contribution in [2.75, 3.05) is 39.2 Å². The third-order valence-electron chi connectivity index (χ3n) is 6.69. The number of benzene rings is 1. The van der Waals surface area contributed by atoms with Gasteiger partial charge in [0.2, 0.25) is 0 Å². The van der Waals surface area contributed by atoms with Gasteiger partial charge >= 0.3 is 6.18 Å². The third kappa shape index (κ3) is 4.99. The fourth-order valence-electron chi connectivity index (χ4n) is 5.08. The molecule has 7 heteroatoms. The van der Waals surface area contributed by atoms with Crippen LogP contribution in [0.4, 0.5) is 18.9 Å². The van der Waals surface area contributed by atoms with Gasteiger partial charge in [-0.3, -0.25) is 0 Å². The van der Waals surface area contributed by atoms with Crippen LogP contribution in [0.2, 0.25) is 0 Å². The Labute approximate surface area is 182 Å². The lowest BCUT2D eigenvalue weighted by atomic mass is 9.73. The quantitative estimate of drug-likeness (QED) is 0.677. The first kappa shape index (κ1) is 22.4. The van der Waals surface area contributed by atoms with E-state index in [9.17, 15) is 13.2 Å². The number of methoxy groups -OCH3 is 1. The fourth-order valence-corrected chi connectivity index (χ4v) is 5.08. The largest absolute Gasteiger partial charge is 0.416 e. The average molecular weight is 437 g/mol. The molecule has 1 fully saturated rings. The number of likely N-dealkylation sites (N-methyl/N-ethyl adjacent to an activating group) is 1. The number of fused-ring (bicyclic) bond motifs is 3. The Morgan fingerprint density at radius 3 is 2.77 bits per heavy atom. The third-order valence-corrected chi connectivity index (χ3v) is 6.69. The average Bonchev–Trinajstić information content (AvgIpc) is 2.76. The van der Waals surface area contributed by atoms with Crippen LogP contribution in [0.25, 0.3) is 0 Å². The van der Waals surface area contributed by atoms with Crippen molar-refractivity contribution in [3.05, 3.63) is 53.6 Å². The highest BCUT2D eigenvalue weighted by Gasteiger charge is 2.45. The summed E-state index contributed by atoms with van der Waals surface area (Å²) in [7, 11) is 3.70. The molecular formula is C24H31F3N2O2. The highest BCUT2D eigenvalue weighted by Crippen LogP contribution is 2.49. The van der Waals surface area contributed by atoms with Gasteiger partial charge in [-0.15, -0.1) is 0 Å². The lowest BCUT2D eigenvalue weighted by molar-refractivity contribution is -0.138. The normalized spacial score (nSPS) is 30.1. The van der Waals surface area contributed by atoms with E-state index < -0.39 is 11.7 Å². The molecule has 3 aliphatic rings. The monoisotopic (exact) mass is 436 g/mol. The van der Waals surface area contributed by atoms with Crippen molar-refractivity contribution in [2.45, 2.75) is 43.7 Å². The molecule has 0 radical (unpaired) electrons. The fraction of sp³-hybridized carbons (Fsp3) is 0.583. The van der Waals surface area contributed by atoms with E-state index in [1.807, 2.05) is 13.1 Å². The molecule has 31 heavy (non-hydrogen) atoms. The molecule has 1 N–H and O–H groups in total. The Morgan fingerprint density at radius 1 is 1.23 bits per heavy atom. The molecule has 170 valence electrons. The second kappa shape index (κ2) is 9.35. The maximum atomic E-state index is 13.4. The molecule has 4 nitrogen and oxygen atoms in total. The van der Waals surface area contributed by atoms with Crippen LogP contribution in [0.15, 0.2) is 42.5 Å². The van der Waals surface area contributed by atoms with Gasteiger partial charge in [0.25, 0.3) is 0 Å². The Hall–Kier alpha value is -1.83. The van der Waals surface area contributed by atoms with Gasteiger partial charge in [0, 0.05) is 49.3 Å². The van der Waals surface area contributed by atoms with Crippen LogP contribution in [0.1, 0.15) is 36.5 Å². The minimum absolute atomic E-state index is 0.00829. The summed E-state index contributed by atoms with van der Waals surface area (Å²) >= 11 is 0. The molecule has 0 bridgehead atoms. The number of alkyl halides is 3. The van der Waals surface area contributed by atoms with Gasteiger partial charge in [-0.1, -0.05) is 24.3 Å². The van der Waals surface area contributed by atoms with Gasteiger partial charge in [0.05, 0.1) is 24.4 Å². The summed E-state index contributed by atoms with van der Waals surface area (Å²) in [5, 5.41) is 3.57. The molecule has 5 atom stereocenters. The molecule has 1 aromatic rings. The summed E-state index contributed by atoms with van der Waals surface area (Å²) in [6.45, 7) is 2.17. The number of anilines is 1. The van der Waals surface area contributed by atoms with Crippen molar-refractivity contribution >= 4 is 5.69 Å². The molecule has 0 spiro atoms. The Bertz CT molecular complexity index is 824. The molecule has 1 saturated heterocycles. The lowest BCUT2D eigenvalue weighted by Crippen LogP contribution is -2.48. The molecule has 1 unspecified atom stereocenters. The Balaban J connectivity index is 1.60. The van der Waals surface area contributed by atoms with Crippen LogP contribution < -0.4 is 5.32 Å². The first-order valence-corrected chi connectivity index (χ1v) is 11.0. The predicted octanol–water partition coefficient (Wildman–Crippen LogP) is 5.05. The van der Waals surface area contributed by atoms with Crippen LogP contribution >= 0.6 is 0 Å². The van der Waals surface area contributed by atoms with E-state index in [2.05, 4.69) is 28.4 Å². The van der Waals surface area contributed by atoms with E-state index in [4.69, 9.17) is 9.47 Å². The molecule has 2 heterocycles. The van der Waals surface area contributed by atoms with Crippen LogP contribution in [-0.2, 0) is 15.7 Å². The van der Waals surface area contributed by atoms with E-state index >= 15 is 0 Å².